The first-order chi connectivity index (χ1) is 10.00. The normalized spacial score (nSPS) is 17.1. The minimum absolute atomic E-state index is 0.0974. The van der Waals surface area contributed by atoms with Gasteiger partial charge in [0, 0.05) is 12.5 Å². The van der Waals surface area contributed by atoms with E-state index in [1.807, 2.05) is 0 Å². The lowest BCUT2D eigenvalue weighted by molar-refractivity contribution is -0.138. The first kappa shape index (κ1) is 16.7. The number of benzene rings is 1. The van der Waals surface area contributed by atoms with Gasteiger partial charge in [-0.05, 0) is 18.2 Å². The molecule has 1 aromatic rings. The van der Waals surface area contributed by atoms with Gasteiger partial charge in [-0.2, -0.15) is 13.2 Å². The molecule has 2 rings (SSSR count). The van der Waals surface area contributed by atoms with Gasteiger partial charge < -0.3 is 0 Å². The van der Waals surface area contributed by atoms with Crippen molar-refractivity contribution >= 4 is 29.3 Å². The van der Waals surface area contributed by atoms with E-state index in [0.29, 0.717) is 24.0 Å². The van der Waals surface area contributed by atoms with Crippen molar-refractivity contribution in [3.63, 3.8) is 0 Å². The van der Waals surface area contributed by atoms with E-state index in [2.05, 4.69) is 0 Å². The molecule has 1 aliphatic heterocycles. The number of carbonyl (C=O) groups is 2. The lowest BCUT2D eigenvalue weighted by atomic mass is 10.0. The molecule has 1 saturated heterocycles. The molecule has 0 aliphatic carbocycles. The summed E-state index contributed by atoms with van der Waals surface area (Å²) in [6.45, 7) is 0.446. The van der Waals surface area contributed by atoms with Crippen LogP contribution in [0.2, 0.25) is 0 Å². The summed E-state index contributed by atoms with van der Waals surface area (Å²) in [6.07, 6.45) is -4.87. The maximum atomic E-state index is 13.4. The molecule has 9 heteroatoms. The third kappa shape index (κ3) is 3.40. The smallest absolute Gasteiger partial charge is 0.273 e. The van der Waals surface area contributed by atoms with Crippen LogP contribution < -0.4 is 4.90 Å². The summed E-state index contributed by atoms with van der Waals surface area (Å²) in [6, 6.07) is 1.58. The van der Waals surface area contributed by atoms with Crippen LogP contribution in [0.1, 0.15) is 18.1 Å². The van der Waals surface area contributed by atoms with Gasteiger partial charge in [-0.15, -0.1) is 11.8 Å². The molecule has 120 valence electrons. The van der Waals surface area contributed by atoms with E-state index in [9.17, 15) is 31.5 Å². The number of halogens is 5. The second kappa shape index (κ2) is 5.53. The summed E-state index contributed by atoms with van der Waals surface area (Å²) in [4.78, 5) is 24.0. The molecule has 3 nitrogen and oxygen atoms in total. The van der Waals surface area contributed by atoms with Gasteiger partial charge in [0.05, 0.1) is 22.8 Å². The number of nitrogens with zero attached hydrogens (tertiary/aromatic N) is 1. The van der Waals surface area contributed by atoms with Crippen LogP contribution in [0.3, 0.4) is 0 Å². The fourth-order valence-corrected chi connectivity index (χ4v) is 2.65. The third-order valence-corrected chi connectivity index (χ3v) is 3.86. The molecule has 22 heavy (non-hydrogen) atoms. The van der Waals surface area contributed by atoms with Crippen molar-refractivity contribution in [1.29, 1.82) is 0 Å². The summed E-state index contributed by atoms with van der Waals surface area (Å²) in [5, 5.41) is 0. The zero-order valence-corrected chi connectivity index (χ0v) is 12.0. The van der Waals surface area contributed by atoms with Gasteiger partial charge in [-0.1, -0.05) is 0 Å². The number of amides is 2. The summed E-state index contributed by atoms with van der Waals surface area (Å²) in [7, 11) is 0. The molecule has 0 N–H and O–H groups in total. The zero-order chi connectivity index (χ0) is 16.7. The maximum Gasteiger partial charge on any atom is 0.416 e. The Labute approximate surface area is 126 Å². The first-order valence-corrected chi connectivity index (χ1v) is 7.20. The Bertz CT molecular complexity index is 576. The van der Waals surface area contributed by atoms with Gasteiger partial charge in [0.25, 0.3) is 5.92 Å². The van der Waals surface area contributed by atoms with Crippen molar-refractivity contribution in [3.8, 4) is 0 Å². The summed E-state index contributed by atoms with van der Waals surface area (Å²) >= 11 is 1.02. The monoisotopic (exact) mass is 339 g/mol. The fraction of sp³-hybridized carbons (Fsp3) is 0.385. The van der Waals surface area contributed by atoms with E-state index in [0.717, 1.165) is 17.8 Å². The average molecular weight is 339 g/mol. The fourth-order valence-electron chi connectivity index (χ4n) is 1.94. The minimum atomic E-state index is -4.87. The van der Waals surface area contributed by atoms with Crippen molar-refractivity contribution in [2.45, 2.75) is 19.0 Å². The van der Waals surface area contributed by atoms with Gasteiger partial charge in [-0.25, -0.2) is 13.7 Å². The number of thioether (sulfide) groups is 1. The number of rotatable bonds is 2. The number of carbonyl (C=O) groups excluding carboxylic acids is 2. The van der Waals surface area contributed by atoms with Crippen molar-refractivity contribution < 1.29 is 31.5 Å². The Balaban J connectivity index is 2.60. The number of hydrogen-bond donors (Lipinski definition) is 0. The molecule has 1 aromatic carbocycles. The number of anilines is 1. The van der Waals surface area contributed by atoms with E-state index >= 15 is 0 Å². The molecule has 0 aromatic heterocycles. The van der Waals surface area contributed by atoms with E-state index in [4.69, 9.17) is 0 Å². The average Bonchev–Trinajstić information content (AvgIpc) is 2.36. The molecular weight excluding hydrogens is 329 g/mol. The number of alkyl halides is 5. The molecule has 0 bridgehead atoms. The Kier molecular flexibility index (Phi) is 4.20. The second-order valence-corrected chi connectivity index (χ2v) is 5.76. The van der Waals surface area contributed by atoms with Gasteiger partial charge in [0.15, 0.2) is 0 Å². The predicted molar refractivity (Wildman–Crippen MR) is 70.8 cm³/mol. The molecular formula is C13H10F5NO2S. The highest BCUT2D eigenvalue weighted by Gasteiger charge is 2.37. The van der Waals surface area contributed by atoms with Crippen molar-refractivity contribution in [2.24, 2.45) is 0 Å². The van der Waals surface area contributed by atoms with Crippen LogP contribution in [0.25, 0.3) is 0 Å². The van der Waals surface area contributed by atoms with Crippen LogP contribution in [-0.2, 0) is 21.7 Å². The van der Waals surface area contributed by atoms with Crippen molar-refractivity contribution in [1.82, 2.24) is 0 Å². The first-order valence-electron chi connectivity index (χ1n) is 6.04. The highest BCUT2D eigenvalue weighted by molar-refractivity contribution is 8.00. The lowest BCUT2D eigenvalue weighted by Gasteiger charge is -2.26. The number of imide groups is 1. The number of hydrogen-bond acceptors (Lipinski definition) is 3. The Hall–Kier alpha value is -1.64. The maximum absolute atomic E-state index is 13.4. The van der Waals surface area contributed by atoms with Gasteiger partial charge in [0.2, 0.25) is 11.8 Å². The minimum Gasteiger partial charge on any atom is -0.273 e. The SMILES string of the molecule is CC(F)(F)c1cc(N2C(=O)CSCC2=O)cc(C(F)(F)F)c1. The molecule has 0 saturated carbocycles. The van der Waals surface area contributed by atoms with E-state index < -0.39 is 40.7 Å². The Morgan fingerprint density at radius 1 is 0.955 bits per heavy atom. The van der Waals surface area contributed by atoms with Crippen LogP contribution in [0.4, 0.5) is 27.6 Å². The van der Waals surface area contributed by atoms with Crippen LogP contribution in [0, 0.1) is 0 Å². The standard InChI is InChI=1S/C13H10F5NO2S/c1-12(14,15)7-2-8(13(16,17)18)4-9(3-7)19-10(20)5-22-6-11(19)21/h2-4H,5-6H2,1H3. The largest absolute Gasteiger partial charge is 0.416 e. The molecule has 0 atom stereocenters. The van der Waals surface area contributed by atoms with Crippen LogP contribution in [-0.4, -0.2) is 23.3 Å². The quantitative estimate of drug-likeness (QED) is 0.612. The highest BCUT2D eigenvalue weighted by atomic mass is 32.2. The van der Waals surface area contributed by atoms with Crippen LogP contribution in [0.15, 0.2) is 18.2 Å². The van der Waals surface area contributed by atoms with Crippen molar-refractivity contribution in [3.05, 3.63) is 29.3 Å². The molecule has 1 aliphatic rings. The summed E-state index contributed by atoms with van der Waals surface area (Å²) in [5.41, 5.74) is -2.72. The topological polar surface area (TPSA) is 37.4 Å². The molecule has 0 unspecified atom stereocenters. The Morgan fingerprint density at radius 2 is 1.45 bits per heavy atom. The third-order valence-electron chi connectivity index (χ3n) is 2.96. The summed E-state index contributed by atoms with van der Waals surface area (Å²) < 4.78 is 65.4. The molecule has 0 radical (unpaired) electrons. The van der Waals surface area contributed by atoms with Gasteiger partial charge >= 0.3 is 6.18 Å². The van der Waals surface area contributed by atoms with Crippen molar-refractivity contribution in [2.75, 3.05) is 16.4 Å². The lowest BCUT2D eigenvalue weighted by Crippen LogP contribution is -2.43. The molecule has 1 fully saturated rings. The summed E-state index contributed by atoms with van der Waals surface area (Å²) in [5.74, 6) is -5.19. The van der Waals surface area contributed by atoms with E-state index in [1.165, 1.54) is 0 Å². The van der Waals surface area contributed by atoms with Crippen LogP contribution >= 0.6 is 11.8 Å². The molecule has 2 amide bonds. The second-order valence-electron chi connectivity index (χ2n) is 4.77. The molecule has 1 heterocycles. The molecule has 0 spiro atoms. The predicted octanol–water partition coefficient (Wildman–Crippen LogP) is 3.42. The van der Waals surface area contributed by atoms with Gasteiger partial charge in [0.1, 0.15) is 0 Å². The van der Waals surface area contributed by atoms with Gasteiger partial charge in [-0.3, -0.25) is 9.59 Å². The van der Waals surface area contributed by atoms with E-state index in [1.54, 1.807) is 0 Å². The zero-order valence-electron chi connectivity index (χ0n) is 11.2. The highest BCUT2D eigenvalue weighted by Crippen LogP contribution is 2.38. The Morgan fingerprint density at radius 3 is 1.91 bits per heavy atom. The van der Waals surface area contributed by atoms with Crippen LogP contribution in [0.5, 0.6) is 0 Å². The van der Waals surface area contributed by atoms with E-state index in [-0.39, 0.29) is 11.5 Å².